The Kier molecular flexibility index (Phi) is 8.58. The van der Waals surface area contributed by atoms with Crippen molar-refractivity contribution in [1.29, 1.82) is 0 Å². The molecule has 11 heteroatoms. The third-order valence-corrected chi connectivity index (χ3v) is 6.75. The summed E-state index contributed by atoms with van der Waals surface area (Å²) in [5.41, 5.74) is 1.81. The first kappa shape index (κ1) is 27.5. The lowest BCUT2D eigenvalue weighted by molar-refractivity contribution is -0.384. The van der Waals surface area contributed by atoms with E-state index in [1.54, 1.807) is 42.6 Å². The number of fused-ring (bicyclic) bond motifs is 1. The third-order valence-electron chi connectivity index (χ3n) is 5.57. The molecule has 0 radical (unpaired) electrons. The molecule has 0 fully saturated rings. The van der Waals surface area contributed by atoms with Crippen molar-refractivity contribution in [3.8, 4) is 11.5 Å². The molecule has 0 saturated heterocycles. The fraction of sp³-hybridized carbons (Fsp3) is 0.222. The molecule has 0 bridgehead atoms. The molecule has 0 unspecified atom stereocenters. The van der Waals surface area contributed by atoms with E-state index >= 15 is 0 Å². The molecule has 3 aromatic carbocycles. The van der Waals surface area contributed by atoms with Crippen LogP contribution in [0.1, 0.15) is 43.6 Å². The molecule has 0 aliphatic heterocycles. The Morgan fingerprint density at radius 3 is 2.45 bits per heavy atom. The van der Waals surface area contributed by atoms with Crippen LogP contribution in [-0.2, 0) is 6.61 Å². The van der Waals surface area contributed by atoms with E-state index < -0.39 is 4.92 Å². The molecule has 9 nitrogen and oxygen atoms in total. The van der Waals surface area contributed by atoms with Gasteiger partial charge < -0.3 is 9.47 Å². The maximum absolute atomic E-state index is 13.3. The standard InChI is InChI=1S/C27H24Br2N4O5/c1-4-37-24-11-18(22(29)13-25(24)38-15-17-5-8-20(9-6-17)33(35)36)14-30-32-26(16(2)3)31-23-10-7-19(28)12-21(23)27(32)34/h5-14,16H,4,15H2,1-3H3. The van der Waals surface area contributed by atoms with E-state index in [1.165, 1.54) is 16.8 Å². The second-order valence-electron chi connectivity index (χ2n) is 8.61. The lowest BCUT2D eigenvalue weighted by atomic mass is 10.2. The van der Waals surface area contributed by atoms with Crippen molar-refractivity contribution in [3.63, 3.8) is 0 Å². The predicted octanol–water partition coefficient (Wildman–Crippen LogP) is 6.81. The topological polar surface area (TPSA) is 109 Å². The lowest BCUT2D eigenvalue weighted by Gasteiger charge is -2.14. The van der Waals surface area contributed by atoms with Crippen LogP contribution in [0.2, 0.25) is 0 Å². The maximum Gasteiger partial charge on any atom is 0.282 e. The molecule has 0 atom stereocenters. The fourth-order valence-corrected chi connectivity index (χ4v) is 4.46. The lowest BCUT2D eigenvalue weighted by Crippen LogP contribution is -2.23. The van der Waals surface area contributed by atoms with Crippen LogP contribution < -0.4 is 15.0 Å². The quantitative estimate of drug-likeness (QED) is 0.113. The number of ether oxygens (including phenoxy) is 2. The van der Waals surface area contributed by atoms with Crippen LogP contribution in [0.3, 0.4) is 0 Å². The summed E-state index contributed by atoms with van der Waals surface area (Å²) < 4.78 is 14.5. The number of hydrogen-bond donors (Lipinski definition) is 0. The number of hydrogen-bond acceptors (Lipinski definition) is 7. The Morgan fingerprint density at radius 2 is 1.79 bits per heavy atom. The number of benzene rings is 3. The van der Waals surface area contributed by atoms with Gasteiger partial charge in [0.2, 0.25) is 0 Å². The van der Waals surface area contributed by atoms with Gasteiger partial charge in [0.05, 0.1) is 28.6 Å². The zero-order valence-corrected chi connectivity index (χ0v) is 24.0. The van der Waals surface area contributed by atoms with E-state index in [0.717, 1.165) is 10.0 Å². The van der Waals surface area contributed by atoms with Gasteiger partial charge in [-0.1, -0.05) is 29.8 Å². The van der Waals surface area contributed by atoms with Crippen LogP contribution in [0, 0.1) is 10.1 Å². The Labute approximate surface area is 235 Å². The van der Waals surface area contributed by atoms with Gasteiger partial charge in [-0.15, -0.1) is 0 Å². The molecule has 0 aliphatic rings. The van der Waals surface area contributed by atoms with Crippen LogP contribution >= 0.6 is 31.9 Å². The summed E-state index contributed by atoms with van der Waals surface area (Å²) in [5, 5.41) is 15.8. The highest BCUT2D eigenvalue weighted by atomic mass is 79.9. The van der Waals surface area contributed by atoms with Gasteiger partial charge in [-0.2, -0.15) is 9.78 Å². The van der Waals surface area contributed by atoms with Gasteiger partial charge in [-0.05, 0) is 70.9 Å². The molecular formula is C27H24Br2N4O5. The summed E-state index contributed by atoms with van der Waals surface area (Å²) >= 11 is 6.98. The van der Waals surface area contributed by atoms with E-state index in [0.29, 0.717) is 44.9 Å². The zero-order chi connectivity index (χ0) is 27.4. The van der Waals surface area contributed by atoms with Crippen LogP contribution in [0.15, 0.2) is 73.4 Å². The maximum atomic E-state index is 13.3. The van der Waals surface area contributed by atoms with Crippen molar-refractivity contribution in [2.45, 2.75) is 33.3 Å². The first-order valence-electron chi connectivity index (χ1n) is 11.8. The molecule has 1 aromatic heterocycles. The average molecular weight is 644 g/mol. The van der Waals surface area contributed by atoms with Crippen molar-refractivity contribution in [3.05, 3.63) is 101 Å². The third kappa shape index (κ3) is 6.11. The normalized spacial score (nSPS) is 11.4. The second-order valence-corrected chi connectivity index (χ2v) is 10.4. The Hall–Kier alpha value is -3.57. The van der Waals surface area contributed by atoms with Gasteiger partial charge in [0.1, 0.15) is 12.4 Å². The van der Waals surface area contributed by atoms with Gasteiger partial charge in [-0.3, -0.25) is 14.9 Å². The van der Waals surface area contributed by atoms with Crippen molar-refractivity contribution in [2.75, 3.05) is 6.61 Å². The Bertz CT molecular complexity index is 1580. The van der Waals surface area contributed by atoms with Crippen molar-refractivity contribution in [2.24, 2.45) is 5.10 Å². The van der Waals surface area contributed by atoms with Crippen molar-refractivity contribution in [1.82, 2.24) is 9.66 Å². The van der Waals surface area contributed by atoms with E-state index in [4.69, 9.17) is 9.47 Å². The summed E-state index contributed by atoms with van der Waals surface area (Å²) in [5.74, 6) is 1.50. The largest absolute Gasteiger partial charge is 0.490 e. The fourth-order valence-electron chi connectivity index (χ4n) is 3.68. The highest BCUT2D eigenvalue weighted by molar-refractivity contribution is 9.10. The van der Waals surface area contributed by atoms with Gasteiger partial charge in [0.15, 0.2) is 11.5 Å². The smallest absolute Gasteiger partial charge is 0.282 e. The number of non-ortho nitro benzene ring substituents is 1. The van der Waals surface area contributed by atoms with Crippen LogP contribution in [0.25, 0.3) is 10.9 Å². The first-order valence-corrected chi connectivity index (χ1v) is 13.4. The van der Waals surface area contributed by atoms with Crippen LogP contribution in [0.4, 0.5) is 5.69 Å². The summed E-state index contributed by atoms with van der Waals surface area (Å²) in [6.07, 6.45) is 1.57. The SMILES string of the molecule is CCOc1cc(C=Nn2c(C(C)C)nc3ccc(Br)cc3c2=O)c(Br)cc1OCc1ccc([N+](=O)[O-])cc1. The molecular weight excluding hydrogens is 620 g/mol. The zero-order valence-electron chi connectivity index (χ0n) is 20.9. The first-order chi connectivity index (χ1) is 18.2. The predicted molar refractivity (Wildman–Crippen MR) is 154 cm³/mol. The number of nitrogens with zero attached hydrogens (tertiary/aromatic N) is 4. The van der Waals surface area contributed by atoms with E-state index in [9.17, 15) is 14.9 Å². The summed E-state index contributed by atoms with van der Waals surface area (Å²) in [4.78, 5) is 28.4. The summed E-state index contributed by atoms with van der Waals surface area (Å²) in [7, 11) is 0. The monoisotopic (exact) mass is 642 g/mol. The Morgan fingerprint density at radius 1 is 1.08 bits per heavy atom. The van der Waals surface area contributed by atoms with Gasteiger partial charge >= 0.3 is 0 Å². The van der Waals surface area contributed by atoms with Crippen molar-refractivity contribution < 1.29 is 14.4 Å². The van der Waals surface area contributed by atoms with Crippen molar-refractivity contribution >= 4 is 54.7 Å². The number of nitro groups is 1. The number of aromatic nitrogens is 2. The second kappa shape index (κ2) is 11.9. The molecule has 38 heavy (non-hydrogen) atoms. The highest BCUT2D eigenvalue weighted by Gasteiger charge is 2.15. The molecule has 0 N–H and O–H groups in total. The summed E-state index contributed by atoms with van der Waals surface area (Å²) in [6, 6.07) is 15.1. The van der Waals surface area contributed by atoms with Gasteiger partial charge in [-0.25, -0.2) is 4.98 Å². The molecule has 0 amide bonds. The minimum atomic E-state index is -0.444. The number of rotatable bonds is 9. The van der Waals surface area contributed by atoms with E-state index in [2.05, 4.69) is 41.9 Å². The molecule has 4 aromatic rings. The number of halogens is 2. The van der Waals surface area contributed by atoms with Crippen LogP contribution in [-0.4, -0.2) is 27.4 Å². The molecule has 4 rings (SSSR count). The van der Waals surface area contributed by atoms with Gasteiger partial charge in [0.25, 0.3) is 11.2 Å². The minimum Gasteiger partial charge on any atom is -0.490 e. The molecule has 1 heterocycles. The highest BCUT2D eigenvalue weighted by Crippen LogP contribution is 2.34. The minimum absolute atomic E-state index is 0.0177. The molecule has 196 valence electrons. The van der Waals surface area contributed by atoms with E-state index in [-0.39, 0.29) is 23.8 Å². The molecule has 0 aliphatic carbocycles. The van der Waals surface area contributed by atoms with Gasteiger partial charge in [0, 0.05) is 32.6 Å². The van der Waals surface area contributed by atoms with Crippen LogP contribution in [0.5, 0.6) is 11.5 Å². The number of nitro benzene ring substituents is 1. The van der Waals surface area contributed by atoms with E-state index in [1.807, 2.05) is 26.8 Å². The summed E-state index contributed by atoms with van der Waals surface area (Å²) in [6.45, 7) is 6.39. The Balaban J connectivity index is 1.66. The average Bonchev–Trinajstić information content (AvgIpc) is 2.89. The molecule has 0 saturated carbocycles. The molecule has 0 spiro atoms.